The first-order chi connectivity index (χ1) is 27.2. The average molecular weight is 712 g/mol. The van der Waals surface area contributed by atoms with Crippen LogP contribution in [0, 0.1) is 23.7 Å². The number of hydrogen-bond donors (Lipinski definition) is 0. The van der Waals surface area contributed by atoms with Crippen LogP contribution < -0.4 is 4.90 Å². The van der Waals surface area contributed by atoms with E-state index in [1.165, 1.54) is 83.3 Å². The number of furan rings is 1. The summed E-state index contributed by atoms with van der Waals surface area (Å²) in [6.07, 6.45) is 9.39. The zero-order valence-corrected chi connectivity index (χ0v) is 31.2. The molecule has 12 rings (SSSR count). The van der Waals surface area contributed by atoms with Gasteiger partial charge in [0.05, 0.1) is 5.69 Å². The molecule has 4 bridgehead atoms. The minimum atomic E-state index is 0.745. The maximum absolute atomic E-state index is 6.47. The number of hydrogen-bond acceptors (Lipinski definition) is 2. The van der Waals surface area contributed by atoms with Crippen LogP contribution in [0.3, 0.4) is 0 Å². The van der Waals surface area contributed by atoms with E-state index in [0.717, 1.165) is 68.8 Å². The van der Waals surface area contributed by atoms with Gasteiger partial charge in [0, 0.05) is 33.3 Å². The van der Waals surface area contributed by atoms with E-state index in [9.17, 15) is 0 Å². The fourth-order valence-electron chi connectivity index (χ4n) is 10.9. The summed E-state index contributed by atoms with van der Waals surface area (Å²) in [5.41, 5.74) is 16.0. The molecular formula is C53H45NO. The number of rotatable bonds is 5. The van der Waals surface area contributed by atoms with Gasteiger partial charge in [0.2, 0.25) is 0 Å². The SMILES string of the molecule is c1ccc(-c2ccccc2N(c2ccc(-c3cccc4c3oc3ccccc34)cc2)c2ccc3c(c2)CC2CC4CC(Cc5ccccc5-3)CC(C2)C4)cc1. The van der Waals surface area contributed by atoms with Crippen LogP contribution in [0.2, 0.25) is 0 Å². The zero-order valence-electron chi connectivity index (χ0n) is 31.2. The predicted octanol–water partition coefficient (Wildman–Crippen LogP) is 14.6. The molecule has 0 spiro atoms. The fourth-order valence-corrected chi connectivity index (χ4v) is 10.9. The number of fused-ring (bicyclic) bond motifs is 3. The highest BCUT2D eigenvalue weighted by Gasteiger charge is 2.37. The molecule has 2 saturated carbocycles. The average Bonchev–Trinajstić information content (AvgIpc) is 3.60. The Morgan fingerprint density at radius 2 is 0.982 bits per heavy atom. The molecule has 55 heavy (non-hydrogen) atoms. The monoisotopic (exact) mass is 711 g/mol. The van der Waals surface area contributed by atoms with Crippen LogP contribution in [0.1, 0.15) is 43.2 Å². The molecule has 1 heterocycles. The summed E-state index contributed by atoms with van der Waals surface area (Å²) in [6, 6.07) is 60.4. The van der Waals surface area contributed by atoms with Crippen LogP contribution in [0.25, 0.3) is 55.3 Å². The highest BCUT2D eigenvalue weighted by Crippen LogP contribution is 2.50. The Balaban J connectivity index is 1.07. The standard InChI is InChI=1S/C53H45NO/c1-2-11-39(12-3-1)47-15-6-8-19-51(47)54(43-23-21-40(22-24-43)48-17-10-18-50-49-16-7-9-20-52(49)55-53(48)50)44-25-26-46-42(34-44)33-38-30-35-27-36(31-38)29-37(28-35)32-41-13-4-5-14-45(41)46/h1-26,34-38H,27-33H2. The van der Waals surface area contributed by atoms with Crippen LogP contribution >= 0.6 is 0 Å². The summed E-state index contributed by atoms with van der Waals surface area (Å²) in [5.74, 6) is 3.34. The first kappa shape index (κ1) is 32.6. The van der Waals surface area contributed by atoms with E-state index >= 15 is 0 Å². The molecule has 0 amide bonds. The molecule has 7 aromatic carbocycles. The van der Waals surface area contributed by atoms with Crippen molar-refractivity contribution in [3.05, 3.63) is 175 Å². The van der Waals surface area contributed by atoms with Crippen molar-refractivity contribution >= 4 is 39.0 Å². The second kappa shape index (κ2) is 13.5. The Morgan fingerprint density at radius 1 is 0.400 bits per heavy atom. The molecule has 0 N–H and O–H groups in total. The van der Waals surface area contributed by atoms with E-state index in [-0.39, 0.29) is 0 Å². The zero-order chi connectivity index (χ0) is 36.3. The molecule has 1 aromatic heterocycles. The Kier molecular flexibility index (Phi) is 7.97. The van der Waals surface area contributed by atoms with Crippen LogP contribution in [0.4, 0.5) is 17.1 Å². The topological polar surface area (TPSA) is 16.4 Å². The highest BCUT2D eigenvalue weighted by atomic mass is 16.3. The highest BCUT2D eigenvalue weighted by molar-refractivity contribution is 6.09. The fraction of sp³-hybridized carbons (Fsp3) is 0.208. The summed E-state index contributed by atoms with van der Waals surface area (Å²) in [5, 5.41) is 2.31. The van der Waals surface area contributed by atoms with Gasteiger partial charge in [-0.3, -0.25) is 0 Å². The van der Waals surface area contributed by atoms with Crippen LogP contribution in [-0.4, -0.2) is 0 Å². The van der Waals surface area contributed by atoms with Crippen molar-refractivity contribution in [1.29, 1.82) is 0 Å². The lowest BCUT2D eigenvalue weighted by Crippen LogP contribution is -2.32. The lowest BCUT2D eigenvalue weighted by atomic mass is 9.63. The van der Waals surface area contributed by atoms with Gasteiger partial charge in [-0.05, 0) is 138 Å². The Morgan fingerprint density at radius 3 is 1.80 bits per heavy atom. The summed E-state index contributed by atoms with van der Waals surface area (Å²) < 4.78 is 6.47. The molecule has 2 atom stereocenters. The van der Waals surface area contributed by atoms with Gasteiger partial charge < -0.3 is 9.32 Å². The van der Waals surface area contributed by atoms with Gasteiger partial charge in [0.25, 0.3) is 0 Å². The third-order valence-electron chi connectivity index (χ3n) is 13.1. The van der Waals surface area contributed by atoms with Crippen molar-refractivity contribution in [1.82, 2.24) is 0 Å². The quantitative estimate of drug-likeness (QED) is 0.177. The van der Waals surface area contributed by atoms with Crippen molar-refractivity contribution in [2.24, 2.45) is 23.7 Å². The van der Waals surface area contributed by atoms with Crippen molar-refractivity contribution in [2.75, 3.05) is 4.90 Å². The van der Waals surface area contributed by atoms with Gasteiger partial charge in [-0.1, -0.05) is 127 Å². The van der Waals surface area contributed by atoms with Gasteiger partial charge in [-0.15, -0.1) is 0 Å². The Labute approximate surface area is 324 Å². The van der Waals surface area contributed by atoms with Crippen molar-refractivity contribution in [2.45, 2.75) is 44.9 Å². The maximum Gasteiger partial charge on any atom is 0.143 e. The van der Waals surface area contributed by atoms with Gasteiger partial charge in [-0.2, -0.15) is 0 Å². The van der Waals surface area contributed by atoms with Crippen LogP contribution in [-0.2, 0) is 12.8 Å². The van der Waals surface area contributed by atoms with E-state index in [0.29, 0.717) is 0 Å². The minimum Gasteiger partial charge on any atom is -0.455 e. The third kappa shape index (κ3) is 5.87. The summed E-state index contributed by atoms with van der Waals surface area (Å²) in [4.78, 5) is 2.49. The van der Waals surface area contributed by atoms with E-state index in [2.05, 4.69) is 163 Å². The molecule has 268 valence electrons. The number of nitrogens with zero attached hydrogens (tertiary/aromatic N) is 1. The van der Waals surface area contributed by atoms with Gasteiger partial charge >= 0.3 is 0 Å². The Hall–Kier alpha value is -5.86. The normalized spacial score (nSPS) is 20.2. The molecule has 2 unspecified atom stereocenters. The van der Waals surface area contributed by atoms with Gasteiger partial charge in [0.15, 0.2) is 0 Å². The molecular weight excluding hydrogens is 667 g/mol. The van der Waals surface area contributed by atoms with Crippen molar-refractivity contribution in [3.63, 3.8) is 0 Å². The second-order valence-corrected chi connectivity index (χ2v) is 16.6. The van der Waals surface area contributed by atoms with Crippen LogP contribution in [0.5, 0.6) is 0 Å². The van der Waals surface area contributed by atoms with Gasteiger partial charge in [-0.25, -0.2) is 0 Å². The summed E-state index contributed by atoms with van der Waals surface area (Å²) in [6.45, 7) is 0. The van der Waals surface area contributed by atoms with Crippen molar-refractivity contribution < 1.29 is 4.42 Å². The molecule has 0 aliphatic heterocycles. The van der Waals surface area contributed by atoms with Crippen molar-refractivity contribution in [3.8, 4) is 33.4 Å². The molecule has 2 nitrogen and oxygen atoms in total. The van der Waals surface area contributed by atoms with E-state index in [4.69, 9.17) is 4.42 Å². The lowest BCUT2D eigenvalue weighted by molar-refractivity contribution is 0.0973. The molecule has 0 saturated heterocycles. The largest absolute Gasteiger partial charge is 0.455 e. The molecule has 2 heteroatoms. The molecule has 0 radical (unpaired) electrons. The maximum atomic E-state index is 6.47. The number of para-hydroxylation sites is 3. The smallest absolute Gasteiger partial charge is 0.143 e. The second-order valence-electron chi connectivity index (χ2n) is 16.6. The van der Waals surface area contributed by atoms with Crippen LogP contribution in [0.15, 0.2) is 168 Å². The number of anilines is 3. The van der Waals surface area contributed by atoms with E-state index in [1.54, 1.807) is 0 Å². The lowest BCUT2D eigenvalue weighted by Gasteiger charge is -2.42. The molecule has 8 aromatic rings. The molecule has 4 aliphatic rings. The molecule has 4 aliphatic carbocycles. The van der Waals surface area contributed by atoms with Gasteiger partial charge in [0.1, 0.15) is 11.2 Å². The molecule has 2 fully saturated rings. The summed E-state index contributed by atoms with van der Waals surface area (Å²) >= 11 is 0. The Bertz CT molecular complexity index is 2660. The third-order valence-corrected chi connectivity index (χ3v) is 13.1. The van der Waals surface area contributed by atoms with E-state index < -0.39 is 0 Å². The first-order valence-electron chi connectivity index (χ1n) is 20.4. The van der Waals surface area contributed by atoms with E-state index in [1.807, 2.05) is 6.07 Å². The minimum absolute atomic E-state index is 0.745. The number of benzene rings is 7. The predicted molar refractivity (Wildman–Crippen MR) is 229 cm³/mol. The summed E-state index contributed by atoms with van der Waals surface area (Å²) in [7, 11) is 0. The first-order valence-corrected chi connectivity index (χ1v) is 20.4.